The number of thioether (sulfide) groups is 1. The van der Waals surface area contributed by atoms with Crippen LogP contribution in [0.1, 0.15) is 31.8 Å². The summed E-state index contributed by atoms with van der Waals surface area (Å²) in [7, 11) is 0. The zero-order valence-electron chi connectivity index (χ0n) is 19.2. The van der Waals surface area contributed by atoms with Crippen LogP contribution in [0.2, 0.25) is 0 Å². The van der Waals surface area contributed by atoms with E-state index in [-0.39, 0.29) is 22.4 Å². The van der Waals surface area contributed by atoms with Gasteiger partial charge in [-0.1, -0.05) is 24.3 Å². The van der Waals surface area contributed by atoms with Gasteiger partial charge in [0.05, 0.1) is 0 Å². The van der Waals surface area contributed by atoms with E-state index >= 15 is 0 Å². The summed E-state index contributed by atoms with van der Waals surface area (Å²) in [5, 5.41) is -0.226. The number of benzene rings is 3. The average molecular weight is 544 g/mol. The Hall–Kier alpha value is -3.54. The molecule has 0 heterocycles. The van der Waals surface area contributed by atoms with Gasteiger partial charge in [-0.25, -0.2) is 0 Å². The minimum absolute atomic E-state index is 0.138. The molecule has 0 aromatic heterocycles. The van der Waals surface area contributed by atoms with Crippen molar-refractivity contribution in [2.75, 3.05) is 10.6 Å². The number of anilines is 2. The first-order valence-electron chi connectivity index (χ1n) is 10.5. The molecule has 4 nitrogen and oxygen atoms in total. The standard InChI is InChI=1S/C25H19F7N2O2S/c1-14-11-19(37-25(31,32)23(26,27)24(28,29)30)12-15(2)20(14)34-22(36)17-9-6-10-18(13-17)33-21(35)16-7-4-3-5-8-16/h3-13H,1-2H3,(H,33,35)(H,34,36). The molecule has 2 amide bonds. The molecule has 3 rings (SSSR count). The normalized spacial score (nSPS) is 12.2. The first kappa shape index (κ1) is 28.0. The summed E-state index contributed by atoms with van der Waals surface area (Å²) < 4.78 is 91.4. The third kappa shape index (κ3) is 6.24. The molecule has 3 aromatic rings. The predicted octanol–water partition coefficient (Wildman–Crippen LogP) is 7.69. The lowest BCUT2D eigenvalue weighted by Crippen LogP contribution is -2.49. The second kappa shape index (κ2) is 10.4. The molecule has 0 aliphatic rings. The highest BCUT2D eigenvalue weighted by molar-refractivity contribution is 8.00. The Labute approximate surface area is 211 Å². The van der Waals surface area contributed by atoms with Gasteiger partial charge in [-0.15, -0.1) is 0 Å². The topological polar surface area (TPSA) is 58.2 Å². The molecule has 0 aliphatic heterocycles. The number of amides is 2. The van der Waals surface area contributed by atoms with Crippen LogP contribution in [-0.2, 0) is 0 Å². The summed E-state index contributed by atoms with van der Waals surface area (Å²) >= 11 is -0.918. The molecule has 0 unspecified atom stereocenters. The number of alkyl halides is 7. The van der Waals surface area contributed by atoms with E-state index in [1.165, 1.54) is 32.0 Å². The molecule has 0 bridgehead atoms. The number of carbonyl (C=O) groups excluding carboxylic acids is 2. The average Bonchev–Trinajstić information content (AvgIpc) is 2.81. The zero-order valence-corrected chi connectivity index (χ0v) is 20.0. The summed E-state index contributed by atoms with van der Waals surface area (Å²) in [6.45, 7) is 2.76. The van der Waals surface area contributed by atoms with Crippen LogP contribution < -0.4 is 10.6 Å². The maximum atomic E-state index is 13.8. The van der Waals surface area contributed by atoms with Crippen LogP contribution in [0.3, 0.4) is 0 Å². The predicted molar refractivity (Wildman–Crippen MR) is 127 cm³/mol. The Kier molecular flexibility index (Phi) is 7.91. The molecule has 0 radical (unpaired) electrons. The number of nitrogens with one attached hydrogen (secondary N) is 2. The van der Waals surface area contributed by atoms with E-state index in [0.29, 0.717) is 11.3 Å². The van der Waals surface area contributed by atoms with Crippen molar-refractivity contribution in [2.45, 2.75) is 36.1 Å². The van der Waals surface area contributed by atoms with Crippen LogP contribution in [0, 0.1) is 13.8 Å². The molecule has 0 aliphatic carbocycles. The summed E-state index contributed by atoms with van der Waals surface area (Å²) in [5.74, 6) is -7.28. The van der Waals surface area contributed by atoms with E-state index in [4.69, 9.17) is 0 Å². The minimum Gasteiger partial charge on any atom is -0.322 e. The van der Waals surface area contributed by atoms with Crippen LogP contribution in [0.15, 0.2) is 71.6 Å². The van der Waals surface area contributed by atoms with Crippen molar-refractivity contribution in [2.24, 2.45) is 0 Å². The second-order valence-corrected chi connectivity index (χ2v) is 9.17. The molecule has 0 fully saturated rings. The largest absolute Gasteiger partial charge is 0.460 e. The number of hydrogen-bond donors (Lipinski definition) is 2. The molecule has 0 spiro atoms. The van der Waals surface area contributed by atoms with Gasteiger partial charge in [-0.05, 0) is 79.2 Å². The van der Waals surface area contributed by atoms with Crippen LogP contribution in [-0.4, -0.2) is 29.2 Å². The van der Waals surface area contributed by atoms with Gasteiger partial charge >= 0.3 is 17.4 Å². The Morgan fingerprint density at radius 2 is 1.24 bits per heavy atom. The van der Waals surface area contributed by atoms with E-state index in [2.05, 4.69) is 10.6 Å². The maximum absolute atomic E-state index is 13.8. The van der Waals surface area contributed by atoms with Crippen molar-refractivity contribution >= 4 is 35.0 Å². The van der Waals surface area contributed by atoms with Gasteiger partial charge in [0.25, 0.3) is 11.8 Å². The van der Waals surface area contributed by atoms with Crippen LogP contribution in [0.4, 0.5) is 42.1 Å². The quantitative estimate of drug-likeness (QED) is 0.237. The Bertz CT molecular complexity index is 1290. The molecule has 12 heteroatoms. The van der Waals surface area contributed by atoms with Crippen LogP contribution >= 0.6 is 11.8 Å². The zero-order chi connectivity index (χ0) is 27.6. The first-order valence-corrected chi connectivity index (χ1v) is 11.3. The van der Waals surface area contributed by atoms with Crippen LogP contribution in [0.25, 0.3) is 0 Å². The Morgan fingerprint density at radius 3 is 1.81 bits per heavy atom. The van der Waals surface area contributed by atoms with Gasteiger partial charge < -0.3 is 10.6 Å². The fraction of sp³-hybridized carbons (Fsp3) is 0.200. The molecular weight excluding hydrogens is 525 g/mol. The highest BCUT2D eigenvalue weighted by Gasteiger charge is 2.73. The number of aryl methyl sites for hydroxylation is 2. The fourth-order valence-corrected chi connectivity index (χ4v) is 4.29. The van der Waals surface area contributed by atoms with Gasteiger partial charge in [0.15, 0.2) is 0 Å². The molecule has 37 heavy (non-hydrogen) atoms. The lowest BCUT2D eigenvalue weighted by atomic mass is 10.1. The van der Waals surface area contributed by atoms with E-state index in [0.717, 1.165) is 12.1 Å². The molecule has 3 aromatic carbocycles. The second-order valence-electron chi connectivity index (χ2n) is 7.98. The molecule has 0 saturated carbocycles. The number of rotatable bonds is 7. The van der Waals surface area contributed by atoms with Crippen molar-refractivity contribution in [1.29, 1.82) is 0 Å². The number of carbonyl (C=O) groups is 2. The van der Waals surface area contributed by atoms with Crippen molar-refractivity contribution in [1.82, 2.24) is 0 Å². The number of halogens is 7. The SMILES string of the molecule is Cc1cc(SC(F)(F)C(F)(F)C(F)(F)F)cc(C)c1NC(=O)c1cccc(NC(=O)c2ccccc2)c1. The van der Waals surface area contributed by atoms with Gasteiger partial charge in [0, 0.05) is 27.4 Å². The molecule has 0 saturated heterocycles. The monoisotopic (exact) mass is 544 g/mol. The maximum Gasteiger partial charge on any atom is 0.460 e. The minimum atomic E-state index is -6.43. The Morgan fingerprint density at radius 1 is 0.703 bits per heavy atom. The van der Waals surface area contributed by atoms with Gasteiger partial charge in [-0.2, -0.15) is 30.7 Å². The van der Waals surface area contributed by atoms with E-state index in [1.807, 2.05) is 0 Å². The van der Waals surface area contributed by atoms with Crippen LogP contribution in [0.5, 0.6) is 0 Å². The molecule has 2 N–H and O–H groups in total. The van der Waals surface area contributed by atoms with Crippen molar-refractivity contribution in [3.8, 4) is 0 Å². The lowest BCUT2D eigenvalue weighted by molar-refractivity contribution is -0.330. The fourth-order valence-electron chi connectivity index (χ4n) is 3.27. The van der Waals surface area contributed by atoms with E-state index in [1.54, 1.807) is 36.4 Å². The first-order chi connectivity index (χ1) is 17.1. The highest BCUT2D eigenvalue weighted by Crippen LogP contribution is 2.54. The lowest BCUT2D eigenvalue weighted by Gasteiger charge is -2.27. The van der Waals surface area contributed by atoms with Crippen molar-refractivity contribution in [3.63, 3.8) is 0 Å². The number of hydrogen-bond acceptors (Lipinski definition) is 3. The summed E-state index contributed by atoms with van der Waals surface area (Å²) in [4.78, 5) is 24.6. The van der Waals surface area contributed by atoms with Crippen molar-refractivity contribution in [3.05, 3.63) is 89.0 Å². The summed E-state index contributed by atoms with van der Waals surface area (Å²) in [6, 6.07) is 16.3. The van der Waals surface area contributed by atoms with E-state index < -0.39 is 45.8 Å². The smallest absolute Gasteiger partial charge is 0.322 e. The van der Waals surface area contributed by atoms with Gasteiger partial charge in [0.2, 0.25) is 0 Å². The van der Waals surface area contributed by atoms with Crippen molar-refractivity contribution < 1.29 is 40.3 Å². The van der Waals surface area contributed by atoms with Gasteiger partial charge in [0.1, 0.15) is 0 Å². The van der Waals surface area contributed by atoms with E-state index in [9.17, 15) is 40.3 Å². The molecule has 196 valence electrons. The summed E-state index contributed by atoms with van der Waals surface area (Å²) in [6.07, 6.45) is -6.43. The summed E-state index contributed by atoms with van der Waals surface area (Å²) in [5.41, 5.74) is 1.36. The molecule has 0 atom stereocenters. The highest BCUT2D eigenvalue weighted by atomic mass is 32.2. The third-order valence-electron chi connectivity index (χ3n) is 5.13. The third-order valence-corrected chi connectivity index (χ3v) is 6.12. The van der Waals surface area contributed by atoms with Gasteiger partial charge in [-0.3, -0.25) is 9.59 Å². The Balaban J connectivity index is 1.77. The molecular formula is C25H19F7N2O2S.